The lowest BCUT2D eigenvalue weighted by atomic mass is 9.30. The van der Waals surface area contributed by atoms with Crippen molar-refractivity contribution < 1.29 is 5.11 Å². The average Bonchev–Trinajstić information content (AvgIpc) is 2.98. The van der Waals surface area contributed by atoms with Gasteiger partial charge in [0.2, 0.25) is 0 Å². The molecule has 5 aliphatic rings. The van der Waals surface area contributed by atoms with Crippen LogP contribution in [0.2, 0.25) is 0 Å². The van der Waals surface area contributed by atoms with Gasteiger partial charge in [0.1, 0.15) is 0 Å². The summed E-state index contributed by atoms with van der Waals surface area (Å²) in [5.74, 6) is 2.99. The van der Waals surface area contributed by atoms with Crippen LogP contribution < -0.4 is 0 Å². The van der Waals surface area contributed by atoms with Crippen molar-refractivity contribution in [3.8, 4) is 0 Å². The van der Waals surface area contributed by atoms with E-state index in [1.54, 1.807) is 0 Å². The van der Waals surface area contributed by atoms with Gasteiger partial charge in [-0.05, 0) is 127 Å². The summed E-state index contributed by atoms with van der Waals surface area (Å²) < 4.78 is 0. The van der Waals surface area contributed by atoms with Gasteiger partial charge in [0.05, 0.1) is 6.10 Å². The quantitative estimate of drug-likeness (QED) is 0.406. The molecule has 0 aromatic heterocycles. The van der Waals surface area contributed by atoms with E-state index in [-0.39, 0.29) is 11.5 Å². The Labute approximate surface area is 199 Å². The summed E-state index contributed by atoms with van der Waals surface area (Å²) in [5.41, 5.74) is 3.63. The van der Waals surface area contributed by atoms with Crippen LogP contribution in [0.5, 0.6) is 0 Å². The smallest absolute Gasteiger partial charge is 0.0594 e. The Balaban J connectivity index is 1.58. The van der Waals surface area contributed by atoms with Crippen LogP contribution in [0.25, 0.3) is 0 Å². The van der Waals surface area contributed by atoms with Gasteiger partial charge in [-0.1, -0.05) is 60.6 Å². The molecule has 10 atom stereocenters. The summed E-state index contributed by atoms with van der Waals surface area (Å²) in [5, 5.41) is 10.9. The minimum absolute atomic E-state index is 0.0553. The Bertz CT molecular complexity index is 811. The molecule has 0 heterocycles. The van der Waals surface area contributed by atoms with Crippen LogP contribution in [-0.4, -0.2) is 11.2 Å². The summed E-state index contributed by atoms with van der Waals surface area (Å²) >= 11 is 0. The van der Waals surface area contributed by atoms with Crippen LogP contribution in [0.4, 0.5) is 0 Å². The highest BCUT2D eigenvalue weighted by atomic mass is 16.3. The van der Waals surface area contributed by atoms with Crippen molar-refractivity contribution in [3.63, 3.8) is 0 Å². The van der Waals surface area contributed by atoms with Crippen LogP contribution in [0, 0.1) is 56.2 Å². The van der Waals surface area contributed by atoms with Gasteiger partial charge in [-0.2, -0.15) is 0 Å². The van der Waals surface area contributed by atoms with Crippen LogP contribution in [-0.2, 0) is 0 Å². The molecule has 1 nitrogen and oxygen atoms in total. The van der Waals surface area contributed by atoms with Gasteiger partial charge in [0.25, 0.3) is 0 Å². The minimum atomic E-state index is -0.124. The van der Waals surface area contributed by atoms with Crippen molar-refractivity contribution in [2.75, 3.05) is 0 Å². The molecule has 1 N–H and O–H groups in total. The molecule has 0 saturated heterocycles. The lowest BCUT2D eigenvalue weighted by Crippen LogP contribution is -2.68. The summed E-state index contributed by atoms with van der Waals surface area (Å²) in [6.45, 7) is 25.1. The summed E-state index contributed by atoms with van der Waals surface area (Å²) in [4.78, 5) is 0. The van der Waals surface area contributed by atoms with E-state index >= 15 is 0 Å². The van der Waals surface area contributed by atoms with Gasteiger partial charge in [-0.15, -0.1) is 0 Å². The van der Waals surface area contributed by atoms with Gasteiger partial charge in [0.15, 0.2) is 0 Å². The Hall–Kier alpha value is -0.300. The van der Waals surface area contributed by atoms with Crippen molar-refractivity contribution >= 4 is 0 Å². The lowest BCUT2D eigenvalue weighted by Gasteiger charge is -2.74. The average molecular weight is 441 g/mol. The maximum atomic E-state index is 10.9. The van der Waals surface area contributed by atoms with Crippen molar-refractivity contribution in [2.24, 2.45) is 56.2 Å². The highest BCUT2D eigenvalue weighted by Crippen LogP contribution is 2.80. The summed E-state index contributed by atoms with van der Waals surface area (Å²) in [6.07, 6.45) is 13.2. The second-order valence-corrected chi connectivity index (χ2v) is 15.3. The lowest BCUT2D eigenvalue weighted by molar-refractivity contribution is -0.262. The molecule has 0 bridgehead atoms. The molecule has 0 aromatic carbocycles. The third-order valence-corrected chi connectivity index (χ3v) is 14.4. The molecule has 5 aliphatic carbocycles. The number of hydrogen-bond donors (Lipinski definition) is 1. The molecule has 5 saturated carbocycles. The first-order chi connectivity index (χ1) is 14.7. The minimum Gasteiger partial charge on any atom is -0.393 e. The van der Waals surface area contributed by atoms with Crippen molar-refractivity contribution in [1.29, 1.82) is 0 Å². The van der Waals surface area contributed by atoms with E-state index in [0.717, 1.165) is 18.3 Å². The summed E-state index contributed by atoms with van der Waals surface area (Å²) in [6, 6.07) is 0. The zero-order chi connectivity index (χ0) is 23.5. The molecule has 0 aromatic rings. The zero-order valence-corrected chi connectivity index (χ0v) is 22.6. The second-order valence-electron chi connectivity index (χ2n) is 15.3. The molecular weight excluding hydrogens is 388 g/mol. The SMILES string of the molecule is C=C(C)[C@@H]1CC[C@]2(C)CC[C@]3(C)[C@H](CC[C@@H]4[C@@]5(C)CC[C@H](O)C(C)(C)[C@@H]5CC[C@]43C)[C@@]12C. The maximum Gasteiger partial charge on any atom is 0.0594 e. The fraction of sp³-hybridized carbons (Fsp3) is 0.935. The Morgan fingerprint density at radius 3 is 1.97 bits per heavy atom. The molecule has 0 unspecified atom stereocenters. The van der Waals surface area contributed by atoms with Gasteiger partial charge >= 0.3 is 0 Å². The van der Waals surface area contributed by atoms with Crippen molar-refractivity contribution in [1.82, 2.24) is 0 Å². The van der Waals surface area contributed by atoms with Gasteiger partial charge < -0.3 is 5.11 Å². The molecule has 0 aliphatic heterocycles. The van der Waals surface area contributed by atoms with E-state index in [0.29, 0.717) is 38.9 Å². The van der Waals surface area contributed by atoms with Gasteiger partial charge in [0, 0.05) is 0 Å². The van der Waals surface area contributed by atoms with E-state index < -0.39 is 0 Å². The molecule has 0 spiro atoms. The molecule has 32 heavy (non-hydrogen) atoms. The van der Waals surface area contributed by atoms with Gasteiger partial charge in [-0.25, -0.2) is 0 Å². The Kier molecular flexibility index (Phi) is 4.89. The second kappa shape index (κ2) is 6.67. The van der Waals surface area contributed by atoms with Crippen molar-refractivity contribution in [2.45, 2.75) is 126 Å². The number of fused-ring (bicyclic) bond motifs is 7. The predicted molar refractivity (Wildman–Crippen MR) is 135 cm³/mol. The molecule has 0 amide bonds. The molecule has 0 radical (unpaired) electrons. The third-order valence-electron chi connectivity index (χ3n) is 14.4. The largest absolute Gasteiger partial charge is 0.393 e. The van der Waals surface area contributed by atoms with E-state index in [9.17, 15) is 5.11 Å². The molecule has 182 valence electrons. The van der Waals surface area contributed by atoms with E-state index in [4.69, 9.17) is 0 Å². The normalized spacial score (nSPS) is 58.8. The topological polar surface area (TPSA) is 20.2 Å². The van der Waals surface area contributed by atoms with E-state index in [1.165, 1.54) is 63.4 Å². The van der Waals surface area contributed by atoms with Crippen molar-refractivity contribution in [3.05, 3.63) is 12.2 Å². The first-order valence-corrected chi connectivity index (χ1v) is 14.0. The molecular formula is C31H52O. The first-order valence-electron chi connectivity index (χ1n) is 14.0. The van der Waals surface area contributed by atoms with Crippen LogP contribution in [0.1, 0.15) is 120 Å². The summed E-state index contributed by atoms with van der Waals surface area (Å²) in [7, 11) is 0. The monoisotopic (exact) mass is 440 g/mol. The maximum absolute atomic E-state index is 10.9. The standard InChI is InChI=1S/C31H52O/c1-20(2)21-12-15-27(5)18-19-30(8)24(31(21,27)9)11-10-23-28(6)16-14-25(32)26(3,4)22(28)13-17-29(23,30)7/h21-25,32H,1,10-19H2,2-9H3/t21-,22-,23+,24-,25-,27+,28-,29+,30+,31+/m0/s1. The molecule has 5 fully saturated rings. The van der Waals surface area contributed by atoms with E-state index in [2.05, 4.69) is 62.0 Å². The molecule has 1 heteroatoms. The zero-order valence-electron chi connectivity index (χ0n) is 22.6. The van der Waals surface area contributed by atoms with Crippen LogP contribution in [0.3, 0.4) is 0 Å². The van der Waals surface area contributed by atoms with Crippen LogP contribution >= 0.6 is 0 Å². The fourth-order valence-corrected chi connectivity index (χ4v) is 12.1. The fourth-order valence-electron chi connectivity index (χ4n) is 12.1. The third kappa shape index (κ3) is 2.46. The highest BCUT2D eigenvalue weighted by molar-refractivity contribution is 5.24. The van der Waals surface area contributed by atoms with E-state index in [1.807, 2.05) is 0 Å². The van der Waals surface area contributed by atoms with Gasteiger partial charge in [-0.3, -0.25) is 0 Å². The number of hydrogen-bond acceptors (Lipinski definition) is 1. The Morgan fingerprint density at radius 1 is 0.688 bits per heavy atom. The first kappa shape index (κ1) is 23.4. The number of rotatable bonds is 1. The molecule has 5 rings (SSSR count). The number of aliphatic hydroxyl groups excluding tert-OH is 1. The number of allylic oxidation sites excluding steroid dienone is 1. The Morgan fingerprint density at radius 2 is 1.31 bits per heavy atom. The number of aliphatic hydroxyl groups is 1. The van der Waals surface area contributed by atoms with Crippen LogP contribution in [0.15, 0.2) is 12.2 Å². The highest BCUT2D eigenvalue weighted by Gasteiger charge is 2.73. The predicted octanol–water partition coefficient (Wildman–Crippen LogP) is 8.41.